The number of carbonyl (C=O) groups excluding carboxylic acids is 1. The molecule has 5 heteroatoms. The van der Waals surface area contributed by atoms with Gasteiger partial charge in [-0.1, -0.05) is 29.8 Å². The molecular weight excluding hydrogens is 346 g/mol. The third kappa shape index (κ3) is 4.77. The molecule has 2 aromatic rings. The monoisotopic (exact) mass is 371 g/mol. The van der Waals surface area contributed by atoms with Crippen LogP contribution < -0.4 is 10.2 Å². The first kappa shape index (κ1) is 18.7. The average Bonchev–Trinajstić information content (AvgIpc) is 2.63. The maximum absolute atomic E-state index is 12.3. The minimum Gasteiger partial charge on any atom is -0.369 e. The van der Waals surface area contributed by atoms with Crippen LogP contribution >= 0.6 is 11.6 Å². The van der Waals surface area contributed by atoms with E-state index >= 15 is 0 Å². The van der Waals surface area contributed by atoms with Crippen LogP contribution in [0.5, 0.6) is 0 Å². The molecule has 0 aromatic heterocycles. The second-order valence-corrected chi connectivity index (χ2v) is 7.34. The number of aryl methyl sites for hydroxylation is 2. The molecule has 0 unspecified atom stereocenters. The number of carbonyl (C=O) groups is 1. The topological polar surface area (TPSA) is 35.6 Å². The SMILES string of the molecule is Cc1cc(N2CCN(C)CC2)ccc1NC(=O)CCc1ccccc1Cl. The zero-order valence-corrected chi connectivity index (χ0v) is 16.2. The fourth-order valence-electron chi connectivity index (χ4n) is 3.21. The summed E-state index contributed by atoms with van der Waals surface area (Å²) in [6.07, 6.45) is 1.06. The van der Waals surface area contributed by atoms with Crippen LogP contribution in [0.3, 0.4) is 0 Å². The molecule has 1 fully saturated rings. The Morgan fingerprint density at radius 1 is 1.12 bits per heavy atom. The van der Waals surface area contributed by atoms with Gasteiger partial charge in [0.2, 0.25) is 5.91 Å². The van der Waals surface area contributed by atoms with Crippen LogP contribution in [-0.4, -0.2) is 44.0 Å². The van der Waals surface area contributed by atoms with E-state index in [1.54, 1.807) is 0 Å². The summed E-state index contributed by atoms with van der Waals surface area (Å²) in [4.78, 5) is 17.0. The van der Waals surface area contributed by atoms with E-state index in [-0.39, 0.29) is 5.91 Å². The molecule has 1 N–H and O–H groups in total. The van der Waals surface area contributed by atoms with Crippen LogP contribution in [-0.2, 0) is 11.2 Å². The van der Waals surface area contributed by atoms with Crippen molar-refractivity contribution in [1.29, 1.82) is 0 Å². The van der Waals surface area contributed by atoms with Crippen molar-refractivity contribution < 1.29 is 4.79 Å². The molecule has 26 heavy (non-hydrogen) atoms. The molecule has 1 aliphatic rings. The van der Waals surface area contributed by atoms with Crippen LogP contribution in [0.2, 0.25) is 5.02 Å². The van der Waals surface area contributed by atoms with Crippen LogP contribution in [0.15, 0.2) is 42.5 Å². The van der Waals surface area contributed by atoms with Crippen molar-refractivity contribution in [2.24, 2.45) is 0 Å². The lowest BCUT2D eigenvalue weighted by Gasteiger charge is -2.34. The third-order valence-electron chi connectivity index (χ3n) is 4.93. The molecule has 1 amide bonds. The molecule has 0 saturated carbocycles. The van der Waals surface area contributed by atoms with Crippen LogP contribution in [0.1, 0.15) is 17.5 Å². The number of hydrogen-bond donors (Lipinski definition) is 1. The van der Waals surface area contributed by atoms with E-state index in [9.17, 15) is 4.79 Å². The fourth-order valence-corrected chi connectivity index (χ4v) is 3.44. The van der Waals surface area contributed by atoms with E-state index in [1.807, 2.05) is 37.3 Å². The number of nitrogens with zero attached hydrogens (tertiary/aromatic N) is 2. The fraction of sp³-hybridized carbons (Fsp3) is 0.381. The van der Waals surface area contributed by atoms with Gasteiger partial charge < -0.3 is 15.1 Å². The lowest BCUT2D eigenvalue weighted by Crippen LogP contribution is -2.44. The summed E-state index contributed by atoms with van der Waals surface area (Å²) in [6, 6.07) is 13.9. The molecule has 1 saturated heterocycles. The van der Waals surface area contributed by atoms with E-state index in [2.05, 4.69) is 34.3 Å². The van der Waals surface area contributed by atoms with Crippen LogP contribution in [0.4, 0.5) is 11.4 Å². The number of amides is 1. The lowest BCUT2D eigenvalue weighted by molar-refractivity contribution is -0.116. The molecule has 0 spiro atoms. The molecule has 0 bridgehead atoms. The Kier molecular flexibility index (Phi) is 6.17. The largest absolute Gasteiger partial charge is 0.369 e. The highest BCUT2D eigenvalue weighted by Crippen LogP contribution is 2.24. The molecule has 3 rings (SSSR count). The summed E-state index contributed by atoms with van der Waals surface area (Å²) >= 11 is 6.15. The number of nitrogens with one attached hydrogen (secondary N) is 1. The number of rotatable bonds is 5. The first-order valence-corrected chi connectivity index (χ1v) is 9.48. The van der Waals surface area contributed by atoms with Crippen molar-refractivity contribution in [3.63, 3.8) is 0 Å². The second-order valence-electron chi connectivity index (χ2n) is 6.93. The van der Waals surface area contributed by atoms with Crippen LogP contribution in [0.25, 0.3) is 0 Å². The van der Waals surface area contributed by atoms with Crippen molar-refractivity contribution in [3.05, 3.63) is 58.6 Å². The van der Waals surface area contributed by atoms with Gasteiger partial charge in [-0.25, -0.2) is 0 Å². The smallest absolute Gasteiger partial charge is 0.224 e. The van der Waals surface area contributed by atoms with Gasteiger partial charge in [0.1, 0.15) is 0 Å². The van der Waals surface area contributed by atoms with Gasteiger partial charge in [0.15, 0.2) is 0 Å². The Morgan fingerprint density at radius 3 is 2.54 bits per heavy atom. The van der Waals surface area contributed by atoms with E-state index in [0.717, 1.165) is 43.0 Å². The molecule has 138 valence electrons. The molecule has 4 nitrogen and oxygen atoms in total. The summed E-state index contributed by atoms with van der Waals surface area (Å²) in [6.45, 7) is 6.29. The highest BCUT2D eigenvalue weighted by molar-refractivity contribution is 6.31. The predicted molar refractivity (Wildman–Crippen MR) is 109 cm³/mol. The normalized spacial score (nSPS) is 15.1. The standard InChI is InChI=1S/C21H26ClN3O/c1-16-15-18(25-13-11-24(2)12-14-25)8-9-20(16)23-21(26)10-7-17-5-3-4-6-19(17)22/h3-6,8-9,15H,7,10-14H2,1-2H3,(H,23,26). The number of halogens is 1. The van der Waals surface area contributed by atoms with E-state index in [0.29, 0.717) is 17.9 Å². The van der Waals surface area contributed by atoms with Crippen molar-refractivity contribution in [1.82, 2.24) is 4.90 Å². The second kappa shape index (κ2) is 8.56. The molecule has 1 aliphatic heterocycles. The first-order chi connectivity index (χ1) is 12.5. The summed E-state index contributed by atoms with van der Waals surface area (Å²) in [5.74, 6) is 0.0142. The Morgan fingerprint density at radius 2 is 1.85 bits per heavy atom. The molecule has 0 atom stereocenters. The van der Waals surface area contributed by atoms with E-state index in [4.69, 9.17) is 11.6 Å². The van der Waals surface area contributed by atoms with Crippen LogP contribution in [0, 0.1) is 6.92 Å². The molecule has 0 radical (unpaired) electrons. The quantitative estimate of drug-likeness (QED) is 0.863. The zero-order valence-electron chi connectivity index (χ0n) is 15.5. The number of piperazine rings is 1. The van der Waals surface area contributed by atoms with Crippen molar-refractivity contribution >= 4 is 28.9 Å². The Hall–Kier alpha value is -2.04. The summed E-state index contributed by atoms with van der Waals surface area (Å²) in [5.41, 5.74) is 4.20. The highest BCUT2D eigenvalue weighted by Gasteiger charge is 2.15. The minimum absolute atomic E-state index is 0.0142. The van der Waals surface area contributed by atoms with Gasteiger partial charge in [-0.3, -0.25) is 4.79 Å². The van der Waals surface area contributed by atoms with Crippen molar-refractivity contribution in [2.45, 2.75) is 19.8 Å². The number of likely N-dealkylation sites (N-methyl/N-ethyl adjacent to an activating group) is 1. The Balaban J connectivity index is 1.57. The molecule has 0 aliphatic carbocycles. The predicted octanol–water partition coefficient (Wildman–Crippen LogP) is 3.97. The number of anilines is 2. The molecule has 2 aromatic carbocycles. The van der Waals surface area contributed by atoms with Gasteiger partial charge in [0, 0.05) is 49.0 Å². The summed E-state index contributed by atoms with van der Waals surface area (Å²) in [7, 11) is 2.16. The highest BCUT2D eigenvalue weighted by atomic mass is 35.5. The molecular formula is C21H26ClN3O. The maximum atomic E-state index is 12.3. The summed E-state index contributed by atoms with van der Waals surface area (Å²) < 4.78 is 0. The van der Waals surface area contributed by atoms with Gasteiger partial charge in [-0.15, -0.1) is 0 Å². The van der Waals surface area contributed by atoms with Crippen molar-refractivity contribution in [3.8, 4) is 0 Å². The lowest BCUT2D eigenvalue weighted by atomic mass is 10.1. The summed E-state index contributed by atoms with van der Waals surface area (Å²) in [5, 5.41) is 3.74. The third-order valence-corrected chi connectivity index (χ3v) is 5.30. The Labute approximate surface area is 160 Å². The number of benzene rings is 2. The van der Waals surface area contributed by atoms with E-state index in [1.165, 1.54) is 5.69 Å². The first-order valence-electron chi connectivity index (χ1n) is 9.10. The van der Waals surface area contributed by atoms with Gasteiger partial charge in [-0.2, -0.15) is 0 Å². The van der Waals surface area contributed by atoms with Gasteiger partial charge in [0.25, 0.3) is 0 Å². The Bertz CT molecular complexity index is 770. The number of hydrogen-bond acceptors (Lipinski definition) is 3. The van der Waals surface area contributed by atoms with Gasteiger partial charge in [-0.05, 0) is 55.8 Å². The van der Waals surface area contributed by atoms with Crippen molar-refractivity contribution in [2.75, 3.05) is 43.4 Å². The van der Waals surface area contributed by atoms with Gasteiger partial charge in [0.05, 0.1) is 0 Å². The minimum atomic E-state index is 0.0142. The maximum Gasteiger partial charge on any atom is 0.224 e. The zero-order chi connectivity index (χ0) is 18.5. The van der Waals surface area contributed by atoms with E-state index < -0.39 is 0 Å². The van der Waals surface area contributed by atoms with Gasteiger partial charge >= 0.3 is 0 Å². The molecule has 1 heterocycles. The average molecular weight is 372 g/mol.